The molecular formula is C25H26F3N3O. The molecule has 0 unspecified atom stereocenters. The van der Waals surface area contributed by atoms with E-state index in [1.165, 1.54) is 18.6 Å². The minimum Gasteiger partial charge on any atom is -0.377 e. The topological polar surface area (TPSA) is 39.4 Å². The molecule has 32 heavy (non-hydrogen) atoms. The molecule has 0 bridgehead atoms. The zero-order chi connectivity index (χ0) is 23.0. The highest BCUT2D eigenvalue weighted by Crippen LogP contribution is 2.35. The van der Waals surface area contributed by atoms with Crippen LogP contribution in [0.1, 0.15) is 47.5 Å². The maximum Gasteiger partial charge on any atom is 0.416 e. The van der Waals surface area contributed by atoms with E-state index in [0.717, 1.165) is 34.8 Å². The van der Waals surface area contributed by atoms with Crippen molar-refractivity contribution in [1.82, 2.24) is 9.55 Å². The van der Waals surface area contributed by atoms with Gasteiger partial charge in [0.2, 0.25) is 0 Å². The second-order valence-electron chi connectivity index (χ2n) is 8.15. The number of hydrogen-bond donors (Lipinski definition) is 0. The molecule has 1 aromatic heterocycles. The monoisotopic (exact) mass is 441 g/mol. The zero-order valence-electron chi connectivity index (χ0n) is 18.6. The number of nitrogens with zero attached hydrogens (tertiary/aromatic N) is 3. The van der Waals surface area contributed by atoms with Crippen LogP contribution in [-0.2, 0) is 18.0 Å². The van der Waals surface area contributed by atoms with Crippen LogP contribution in [0.25, 0.3) is 16.5 Å². The first kappa shape index (κ1) is 22.3. The maximum atomic E-state index is 13.4. The summed E-state index contributed by atoms with van der Waals surface area (Å²) in [6.07, 6.45) is -1.48. The molecule has 0 radical (unpaired) electrons. The predicted octanol–water partition coefficient (Wildman–Crippen LogP) is 5.67. The van der Waals surface area contributed by atoms with E-state index in [0.29, 0.717) is 24.3 Å². The Bertz CT molecular complexity index is 1270. The number of hydrogen-bond acceptors (Lipinski definition) is 3. The molecule has 7 heteroatoms. The first-order chi connectivity index (χ1) is 15.2. The molecule has 2 aromatic carbocycles. The van der Waals surface area contributed by atoms with Gasteiger partial charge in [-0.05, 0) is 67.7 Å². The Labute approximate surface area is 185 Å². The van der Waals surface area contributed by atoms with Gasteiger partial charge in [-0.15, -0.1) is 0 Å². The van der Waals surface area contributed by atoms with Crippen LogP contribution in [0.3, 0.4) is 0 Å². The number of rotatable bonds is 3. The maximum absolute atomic E-state index is 13.4. The number of alkyl halides is 3. The van der Waals surface area contributed by atoms with Crippen LogP contribution in [-0.4, -0.2) is 22.8 Å². The lowest BCUT2D eigenvalue weighted by Crippen LogP contribution is -2.18. The number of aryl methyl sites for hydroxylation is 2. The van der Waals surface area contributed by atoms with Crippen molar-refractivity contribution in [3.63, 3.8) is 0 Å². The third-order valence-electron chi connectivity index (χ3n) is 6.13. The third kappa shape index (κ3) is 4.21. The Morgan fingerprint density at radius 2 is 1.94 bits per heavy atom. The van der Waals surface area contributed by atoms with Crippen LogP contribution < -0.4 is 5.49 Å². The Morgan fingerprint density at radius 3 is 2.62 bits per heavy atom. The molecule has 1 aliphatic rings. The van der Waals surface area contributed by atoms with E-state index in [2.05, 4.69) is 29.3 Å². The standard InChI is InChI=1S/C25H26F3N3O/c1-15-20(6-5-7-22(15)25(26,27)28)16(2)29-24-21-14-19(18-10-12-32-13-11-18)8-9-23(21)31(4)17(3)30-24/h5-10,14,16H,11-13H2,1-4H3/t16-/m1/s1. The highest BCUT2D eigenvalue weighted by molar-refractivity contribution is 5.83. The molecule has 0 saturated heterocycles. The number of aromatic nitrogens is 2. The van der Waals surface area contributed by atoms with Gasteiger partial charge in [-0.3, -0.25) is 4.99 Å². The van der Waals surface area contributed by atoms with Gasteiger partial charge in [0, 0.05) is 12.4 Å². The van der Waals surface area contributed by atoms with Crippen molar-refractivity contribution < 1.29 is 17.9 Å². The van der Waals surface area contributed by atoms with Crippen molar-refractivity contribution in [1.29, 1.82) is 0 Å². The van der Waals surface area contributed by atoms with Crippen LogP contribution in [0, 0.1) is 13.8 Å². The largest absolute Gasteiger partial charge is 0.416 e. The number of benzene rings is 2. The fraction of sp³-hybridized carbons (Fsp3) is 0.360. The fourth-order valence-corrected chi connectivity index (χ4v) is 4.22. The van der Waals surface area contributed by atoms with E-state index in [1.54, 1.807) is 6.07 Å². The molecule has 0 fully saturated rings. The molecule has 0 amide bonds. The molecule has 3 aromatic rings. The Kier molecular flexibility index (Phi) is 5.95. The summed E-state index contributed by atoms with van der Waals surface area (Å²) in [7, 11) is 1.95. The molecule has 0 spiro atoms. The van der Waals surface area contributed by atoms with Crippen LogP contribution in [0.2, 0.25) is 0 Å². The molecule has 1 atom stereocenters. The van der Waals surface area contributed by atoms with Crippen molar-refractivity contribution in [3.8, 4) is 0 Å². The average Bonchev–Trinajstić information content (AvgIpc) is 2.77. The van der Waals surface area contributed by atoms with E-state index in [-0.39, 0.29) is 5.56 Å². The first-order valence-electron chi connectivity index (χ1n) is 10.6. The van der Waals surface area contributed by atoms with E-state index in [1.807, 2.05) is 25.5 Å². The van der Waals surface area contributed by atoms with Gasteiger partial charge in [0.05, 0.1) is 30.3 Å². The molecule has 0 saturated carbocycles. The Morgan fingerprint density at radius 1 is 1.16 bits per heavy atom. The molecule has 0 N–H and O–H groups in total. The molecule has 1 aliphatic heterocycles. The van der Waals surface area contributed by atoms with E-state index >= 15 is 0 Å². The van der Waals surface area contributed by atoms with Gasteiger partial charge in [-0.25, -0.2) is 4.98 Å². The zero-order valence-corrected chi connectivity index (χ0v) is 18.6. The fourth-order valence-electron chi connectivity index (χ4n) is 4.22. The highest BCUT2D eigenvalue weighted by Gasteiger charge is 2.33. The molecule has 4 nitrogen and oxygen atoms in total. The lowest BCUT2D eigenvalue weighted by atomic mass is 9.97. The first-order valence-corrected chi connectivity index (χ1v) is 10.6. The summed E-state index contributed by atoms with van der Waals surface area (Å²) in [6.45, 7) is 6.49. The summed E-state index contributed by atoms with van der Waals surface area (Å²) in [4.78, 5) is 9.48. The number of ether oxygens (including phenoxy) is 1. The van der Waals surface area contributed by atoms with Crippen LogP contribution in [0.15, 0.2) is 47.5 Å². The van der Waals surface area contributed by atoms with Gasteiger partial charge < -0.3 is 9.30 Å². The average molecular weight is 441 g/mol. The predicted molar refractivity (Wildman–Crippen MR) is 119 cm³/mol. The van der Waals surface area contributed by atoms with Crippen molar-refractivity contribution in [3.05, 3.63) is 76.0 Å². The van der Waals surface area contributed by atoms with Gasteiger partial charge in [-0.1, -0.05) is 24.3 Å². The van der Waals surface area contributed by atoms with Crippen molar-refractivity contribution in [2.45, 2.75) is 39.4 Å². The van der Waals surface area contributed by atoms with Gasteiger partial charge in [0.15, 0.2) is 5.49 Å². The third-order valence-corrected chi connectivity index (χ3v) is 6.13. The Hall–Kier alpha value is -2.93. The summed E-state index contributed by atoms with van der Waals surface area (Å²) in [5.74, 6) is 0.780. The van der Waals surface area contributed by atoms with Crippen molar-refractivity contribution in [2.75, 3.05) is 13.2 Å². The minimum atomic E-state index is -4.39. The van der Waals surface area contributed by atoms with Gasteiger partial charge >= 0.3 is 6.18 Å². The van der Waals surface area contributed by atoms with E-state index in [9.17, 15) is 13.2 Å². The SMILES string of the molecule is Cc1c([C@@H](C)N=c2nc(C)n(C)c3ccc(C4=CCOCC4)cc23)cccc1C(F)(F)F. The summed E-state index contributed by atoms with van der Waals surface area (Å²) in [6, 6.07) is 9.98. The van der Waals surface area contributed by atoms with Crippen molar-refractivity contribution >= 4 is 16.5 Å². The second-order valence-corrected chi connectivity index (χ2v) is 8.15. The van der Waals surface area contributed by atoms with Gasteiger partial charge in [0.25, 0.3) is 0 Å². The molecular weight excluding hydrogens is 415 g/mol. The quantitative estimate of drug-likeness (QED) is 0.525. The number of halogens is 3. The summed E-state index contributed by atoms with van der Waals surface area (Å²) in [5, 5.41) is 0.875. The molecule has 0 aliphatic carbocycles. The van der Waals surface area contributed by atoms with E-state index in [4.69, 9.17) is 9.73 Å². The van der Waals surface area contributed by atoms with Crippen LogP contribution in [0.5, 0.6) is 0 Å². The lowest BCUT2D eigenvalue weighted by molar-refractivity contribution is -0.138. The van der Waals surface area contributed by atoms with E-state index < -0.39 is 17.8 Å². The smallest absolute Gasteiger partial charge is 0.377 e. The summed E-state index contributed by atoms with van der Waals surface area (Å²) < 4.78 is 47.6. The Balaban J connectivity index is 1.88. The normalized spacial score (nSPS) is 16.3. The summed E-state index contributed by atoms with van der Waals surface area (Å²) >= 11 is 0. The van der Waals surface area contributed by atoms with Gasteiger partial charge in [0.1, 0.15) is 5.82 Å². The second kappa shape index (κ2) is 8.54. The number of fused-ring (bicyclic) bond motifs is 1. The summed E-state index contributed by atoms with van der Waals surface area (Å²) in [5.41, 5.74) is 3.94. The van der Waals surface area contributed by atoms with Crippen LogP contribution >= 0.6 is 0 Å². The van der Waals surface area contributed by atoms with Gasteiger partial charge in [-0.2, -0.15) is 13.2 Å². The van der Waals surface area contributed by atoms with Crippen molar-refractivity contribution in [2.24, 2.45) is 12.0 Å². The molecule has 4 rings (SSSR count). The molecule has 2 heterocycles. The highest BCUT2D eigenvalue weighted by atomic mass is 19.4. The minimum absolute atomic E-state index is 0.201. The lowest BCUT2D eigenvalue weighted by Gasteiger charge is -2.17. The van der Waals surface area contributed by atoms with Crippen LogP contribution in [0.4, 0.5) is 13.2 Å². The molecule has 168 valence electrons.